The van der Waals surface area contributed by atoms with Gasteiger partial charge in [0.15, 0.2) is 0 Å². The molecule has 0 aliphatic carbocycles. The molecule has 0 aromatic carbocycles. The molecule has 1 atom stereocenters. The summed E-state index contributed by atoms with van der Waals surface area (Å²) in [4.78, 5) is 18.1. The van der Waals surface area contributed by atoms with Gasteiger partial charge in [-0.15, -0.1) is 11.3 Å². The number of rotatable bonds is 6. The van der Waals surface area contributed by atoms with Crippen LogP contribution in [-0.4, -0.2) is 55.6 Å². The van der Waals surface area contributed by atoms with E-state index >= 15 is 0 Å². The first-order chi connectivity index (χ1) is 9.63. The molecule has 0 N–H and O–H groups in total. The van der Waals surface area contributed by atoms with Crippen LogP contribution in [0.2, 0.25) is 0 Å². The average Bonchev–Trinajstić information content (AvgIpc) is 2.93. The largest absolute Gasteiger partial charge is 0.385 e. The predicted octanol–water partition coefficient (Wildman–Crippen LogP) is 1.99. The topological polar surface area (TPSA) is 32.8 Å². The lowest BCUT2D eigenvalue weighted by molar-refractivity contribution is -0.136. The minimum atomic E-state index is -0.0629. The Balaban J connectivity index is 1.88. The lowest BCUT2D eigenvalue weighted by Gasteiger charge is -2.32. The first-order valence-electron chi connectivity index (χ1n) is 7.16. The van der Waals surface area contributed by atoms with Crippen molar-refractivity contribution in [2.24, 2.45) is 0 Å². The predicted molar refractivity (Wildman–Crippen MR) is 82.0 cm³/mol. The molecule has 0 radical (unpaired) electrons. The van der Waals surface area contributed by atoms with Gasteiger partial charge in [-0.05, 0) is 43.8 Å². The van der Waals surface area contributed by atoms with Crippen LogP contribution in [-0.2, 0) is 22.5 Å². The molecule has 2 rings (SSSR count). The van der Waals surface area contributed by atoms with E-state index in [-0.39, 0.29) is 11.9 Å². The van der Waals surface area contributed by atoms with Crippen LogP contribution in [0.25, 0.3) is 0 Å². The quantitative estimate of drug-likeness (QED) is 0.753. The molecule has 1 aromatic rings. The minimum absolute atomic E-state index is 0.0629. The molecule has 5 heteroatoms. The Morgan fingerprint density at radius 2 is 2.40 bits per heavy atom. The highest BCUT2D eigenvalue weighted by Crippen LogP contribution is 2.24. The van der Waals surface area contributed by atoms with E-state index < -0.39 is 0 Å². The molecule has 0 bridgehead atoms. The second-order valence-electron chi connectivity index (χ2n) is 5.38. The third kappa shape index (κ3) is 3.59. The highest BCUT2D eigenvalue weighted by molar-refractivity contribution is 7.10. The van der Waals surface area contributed by atoms with E-state index in [2.05, 4.69) is 16.3 Å². The van der Waals surface area contributed by atoms with Crippen molar-refractivity contribution in [2.75, 3.05) is 33.9 Å². The molecule has 2 heterocycles. The smallest absolute Gasteiger partial charge is 0.239 e. The second-order valence-corrected chi connectivity index (χ2v) is 6.38. The maximum atomic E-state index is 12.6. The average molecular weight is 296 g/mol. The SMILES string of the molecule is COCCCN(C)C(C)C(=O)N1CCc2sccc2C1. The molecule has 1 aliphatic heterocycles. The number of hydrogen-bond donors (Lipinski definition) is 0. The Hall–Kier alpha value is -0.910. The van der Waals surface area contributed by atoms with Crippen molar-refractivity contribution < 1.29 is 9.53 Å². The molecule has 0 saturated carbocycles. The fourth-order valence-electron chi connectivity index (χ4n) is 2.54. The van der Waals surface area contributed by atoms with Gasteiger partial charge in [0, 0.05) is 38.2 Å². The summed E-state index contributed by atoms with van der Waals surface area (Å²) in [5.41, 5.74) is 1.32. The molecule has 1 aromatic heterocycles. The number of fused-ring (bicyclic) bond motifs is 1. The van der Waals surface area contributed by atoms with Crippen molar-refractivity contribution in [1.82, 2.24) is 9.80 Å². The van der Waals surface area contributed by atoms with Gasteiger partial charge in [0.25, 0.3) is 0 Å². The maximum Gasteiger partial charge on any atom is 0.239 e. The minimum Gasteiger partial charge on any atom is -0.385 e. The zero-order chi connectivity index (χ0) is 14.5. The van der Waals surface area contributed by atoms with Gasteiger partial charge in [-0.1, -0.05) is 0 Å². The number of ether oxygens (including phenoxy) is 1. The number of carbonyl (C=O) groups is 1. The van der Waals surface area contributed by atoms with Crippen LogP contribution in [0.5, 0.6) is 0 Å². The molecular weight excluding hydrogens is 272 g/mol. The normalized spacial score (nSPS) is 16.3. The zero-order valence-corrected chi connectivity index (χ0v) is 13.4. The van der Waals surface area contributed by atoms with Crippen molar-refractivity contribution in [1.29, 1.82) is 0 Å². The summed E-state index contributed by atoms with van der Waals surface area (Å²) in [6.45, 7) is 5.25. The Morgan fingerprint density at radius 1 is 1.60 bits per heavy atom. The third-order valence-electron chi connectivity index (χ3n) is 4.00. The summed E-state index contributed by atoms with van der Waals surface area (Å²) < 4.78 is 5.06. The van der Waals surface area contributed by atoms with Gasteiger partial charge in [-0.3, -0.25) is 9.69 Å². The number of nitrogens with zero attached hydrogens (tertiary/aromatic N) is 2. The second kappa shape index (κ2) is 7.20. The summed E-state index contributed by atoms with van der Waals surface area (Å²) in [7, 11) is 3.72. The Kier molecular flexibility index (Phi) is 5.57. The molecule has 20 heavy (non-hydrogen) atoms. The highest BCUT2D eigenvalue weighted by Gasteiger charge is 2.27. The molecule has 4 nitrogen and oxygen atoms in total. The van der Waals surface area contributed by atoms with Crippen LogP contribution in [0.1, 0.15) is 23.8 Å². The molecule has 0 spiro atoms. The Morgan fingerprint density at radius 3 is 3.15 bits per heavy atom. The van der Waals surface area contributed by atoms with Crippen LogP contribution in [0.15, 0.2) is 11.4 Å². The molecule has 112 valence electrons. The van der Waals surface area contributed by atoms with Crippen LogP contribution < -0.4 is 0 Å². The summed E-state index contributed by atoms with van der Waals surface area (Å²) >= 11 is 1.81. The zero-order valence-electron chi connectivity index (χ0n) is 12.6. The lowest BCUT2D eigenvalue weighted by atomic mass is 10.1. The standard InChI is InChI=1S/C15H24N2O2S/c1-12(16(2)7-4-9-19-3)15(18)17-8-5-14-13(11-17)6-10-20-14/h6,10,12H,4-5,7-9,11H2,1-3H3. The summed E-state index contributed by atoms with van der Waals surface area (Å²) in [5, 5.41) is 2.12. The maximum absolute atomic E-state index is 12.6. The van der Waals surface area contributed by atoms with E-state index in [4.69, 9.17) is 4.74 Å². The van der Waals surface area contributed by atoms with Gasteiger partial charge < -0.3 is 9.64 Å². The number of amides is 1. The molecule has 1 unspecified atom stereocenters. The monoisotopic (exact) mass is 296 g/mol. The number of methoxy groups -OCH3 is 1. The van der Waals surface area contributed by atoms with E-state index in [0.717, 1.165) is 39.1 Å². The van der Waals surface area contributed by atoms with Crippen molar-refractivity contribution in [2.45, 2.75) is 32.4 Å². The van der Waals surface area contributed by atoms with Gasteiger partial charge in [0.05, 0.1) is 6.04 Å². The highest BCUT2D eigenvalue weighted by atomic mass is 32.1. The van der Waals surface area contributed by atoms with Crippen LogP contribution >= 0.6 is 11.3 Å². The third-order valence-corrected chi connectivity index (χ3v) is 5.02. The summed E-state index contributed by atoms with van der Waals surface area (Å²) in [6, 6.07) is 2.08. The van der Waals surface area contributed by atoms with Gasteiger partial charge in [0.1, 0.15) is 0 Å². The van der Waals surface area contributed by atoms with E-state index in [1.165, 1.54) is 10.4 Å². The molecule has 1 amide bonds. The van der Waals surface area contributed by atoms with Crippen molar-refractivity contribution >= 4 is 17.2 Å². The van der Waals surface area contributed by atoms with Crippen molar-refractivity contribution in [3.8, 4) is 0 Å². The fraction of sp³-hybridized carbons (Fsp3) is 0.667. The van der Waals surface area contributed by atoms with Gasteiger partial charge >= 0.3 is 0 Å². The summed E-state index contributed by atoms with van der Waals surface area (Å²) in [5.74, 6) is 0.238. The lowest BCUT2D eigenvalue weighted by Crippen LogP contribution is -2.47. The molecular formula is C15H24N2O2S. The van der Waals surface area contributed by atoms with Crippen LogP contribution in [0.4, 0.5) is 0 Å². The van der Waals surface area contributed by atoms with Gasteiger partial charge in [-0.2, -0.15) is 0 Å². The van der Waals surface area contributed by atoms with Crippen molar-refractivity contribution in [3.05, 3.63) is 21.9 Å². The summed E-state index contributed by atoms with van der Waals surface area (Å²) in [6.07, 6.45) is 1.96. The molecule has 0 fully saturated rings. The number of hydrogen-bond acceptors (Lipinski definition) is 4. The van der Waals surface area contributed by atoms with Gasteiger partial charge in [-0.25, -0.2) is 0 Å². The van der Waals surface area contributed by atoms with Crippen molar-refractivity contribution in [3.63, 3.8) is 0 Å². The Labute approximate surface area is 125 Å². The van der Waals surface area contributed by atoms with E-state index in [0.29, 0.717) is 0 Å². The number of thiophene rings is 1. The fourth-order valence-corrected chi connectivity index (χ4v) is 3.43. The first kappa shape index (κ1) is 15.5. The number of carbonyl (C=O) groups excluding carboxylic acids is 1. The van der Waals surface area contributed by atoms with E-state index in [1.54, 1.807) is 18.4 Å². The van der Waals surface area contributed by atoms with Crippen LogP contribution in [0.3, 0.4) is 0 Å². The first-order valence-corrected chi connectivity index (χ1v) is 8.04. The molecule has 0 saturated heterocycles. The van der Waals surface area contributed by atoms with E-state index in [9.17, 15) is 4.79 Å². The molecule has 1 aliphatic rings. The van der Waals surface area contributed by atoms with E-state index in [1.807, 2.05) is 18.9 Å². The Bertz CT molecular complexity index is 447. The van der Waals surface area contributed by atoms with Crippen LogP contribution in [0, 0.1) is 0 Å². The van der Waals surface area contributed by atoms with Gasteiger partial charge in [0.2, 0.25) is 5.91 Å². The number of likely N-dealkylation sites (N-methyl/N-ethyl adjacent to an activating group) is 1.